The molecule has 3 nitrogen and oxygen atoms in total. The van der Waals surface area contributed by atoms with Crippen molar-refractivity contribution in [1.82, 2.24) is 5.32 Å². The number of hydrogen-bond acceptors (Lipinski definition) is 2. The maximum Gasteiger partial charge on any atom is 0.240 e. The molecular weight excluding hydrogens is 128 g/mol. The zero-order valence-electron chi connectivity index (χ0n) is 6.68. The van der Waals surface area contributed by atoms with Gasteiger partial charge in [0, 0.05) is 0 Å². The second-order valence-electron chi connectivity index (χ2n) is 1.71. The molecule has 0 radical (unpaired) electrons. The molecule has 0 aromatic rings. The van der Waals surface area contributed by atoms with Gasteiger partial charge in [-0.2, -0.15) is 0 Å². The third-order valence-corrected chi connectivity index (χ3v) is 0.701. The normalized spacial score (nSPS) is 7.40. The predicted octanol–water partition coefficient (Wildman–Crippen LogP) is 0.273. The molecule has 0 aliphatic rings. The Morgan fingerprint density at radius 3 is 2.20 bits per heavy atom. The van der Waals surface area contributed by atoms with Crippen LogP contribution in [0.1, 0.15) is 13.3 Å². The third kappa shape index (κ3) is 27.2. The molecule has 1 amide bonds. The molecule has 3 heteroatoms. The number of rotatable bonds is 3. The van der Waals surface area contributed by atoms with Crippen molar-refractivity contribution in [3.05, 3.63) is 12.7 Å². The van der Waals surface area contributed by atoms with E-state index in [1.165, 1.54) is 6.42 Å². The van der Waals surface area contributed by atoms with Gasteiger partial charge in [-0.15, -0.1) is 0 Å². The summed E-state index contributed by atoms with van der Waals surface area (Å²) in [5.41, 5.74) is 4.53. The highest BCUT2D eigenvalue weighted by Crippen LogP contribution is 1.62. The third-order valence-electron chi connectivity index (χ3n) is 0.701. The highest BCUT2D eigenvalue weighted by atomic mass is 16.1. The lowest BCUT2D eigenvalue weighted by molar-refractivity contribution is -0.113. The smallest absolute Gasteiger partial charge is 0.240 e. The van der Waals surface area contributed by atoms with Gasteiger partial charge in [0.05, 0.1) is 0 Å². The van der Waals surface area contributed by atoms with Crippen LogP contribution in [0.4, 0.5) is 0 Å². The molecule has 0 aliphatic carbocycles. The monoisotopic (exact) mass is 144 g/mol. The van der Waals surface area contributed by atoms with Crippen LogP contribution in [0.2, 0.25) is 0 Å². The summed E-state index contributed by atoms with van der Waals surface area (Å²) in [7, 11) is 1.96. The van der Waals surface area contributed by atoms with Gasteiger partial charge in [0.25, 0.3) is 0 Å². The first-order valence-corrected chi connectivity index (χ1v) is 3.25. The van der Waals surface area contributed by atoms with E-state index in [0.29, 0.717) is 0 Å². The summed E-state index contributed by atoms with van der Waals surface area (Å²) in [5.74, 6) is -0.481. The predicted molar refractivity (Wildman–Crippen MR) is 43.6 cm³/mol. The molecular formula is C7H16N2O. The van der Waals surface area contributed by atoms with Crippen molar-refractivity contribution in [1.29, 1.82) is 0 Å². The molecule has 10 heavy (non-hydrogen) atoms. The van der Waals surface area contributed by atoms with Crippen molar-refractivity contribution in [2.45, 2.75) is 13.3 Å². The molecule has 0 rings (SSSR count). The van der Waals surface area contributed by atoms with Crippen molar-refractivity contribution >= 4 is 5.91 Å². The number of amides is 1. The first kappa shape index (κ1) is 11.9. The minimum Gasteiger partial charge on any atom is -0.366 e. The van der Waals surface area contributed by atoms with Crippen molar-refractivity contribution in [2.75, 3.05) is 13.6 Å². The molecule has 0 heterocycles. The average molecular weight is 144 g/mol. The van der Waals surface area contributed by atoms with Crippen LogP contribution in [0, 0.1) is 0 Å². The Morgan fingerprint density at radius 1 is 1.80 bits per heavy atom. The van der Waals surface area contributed by atoms with Crippen LogP contribution in [0.25, 0.3) is 0 Å². The Labute approximate surface area is 62.3 Å². The molecule has 60 valence electrons. The van der Waals surface area contributed by atoms with E-state index >= 15 is 0 Å². The van der Waals surface area contributed by atoms with Gasteiger partial charge in [0.15, 0.2) is 0 Å². The first-order chi connectivity index (χ1) is 4.68. The number of carbonyl (C=O) groups is 1. The van der Waals surface area contributed by atoms with Crippen LogP contribution in [-0.2, 0) is 4.79 Å². The summed E-state index contributed by atoms with van der Waals surface area (Å²) in [6.07, 6.45) is 2.29. The van der Waals surface area contributed by atoms with E-state index in [1.54, 1.807) is 0 Å². The summed E-state index contributed by atoms with van der Waals surface area (Å²) in [6, 6.07) is 0. The number of nitrogens with two attached hydrogens (primary N) is 1. The van der Waals surface area contributed by atoms with Crippen LogP contribution < -0.4 is 11.1 Å². The lowest BCUT2D eigenvalue weighted by Crippen LogP contribution is -2.04. The van der Waals surface area contributed by atoms with E-state index in [1.807, 2.05) is 7.05 Å². The molecule has 0 atom stereocenters. The molecule has 0 bridgehead atoms. The van der Waals surface area contributed by atoms with E-state index in [4.69, 9.17) is 0 Å². The van der Waals surface area contributed by atoms with Gasteiger partial charge in [0.1, 0.15) is 0 Å². The molecule has 0 spiro atoms. The molecule has 0 unspecified atom stereocenters. The topological polar surface area (TPSA) is 55.1 Å². The van der Waals surface area contributed by atoms with E-state index < -0.39 is 5.91 Å². The van der Waals surface area contributed by atoms with Crippen LogP contribution in [-0.4, -0.2) is 19.5 Å². The van der Waals surface area contributed by atoms with Gasteiger partial charge in [-0.25, -0.2) is 0 Å². The summed E-state index contributed by atoms with van der Waals surface area (Å²) < 4.78 is 0. The Kier molecular flexibility index (Phi) is 13.1. The summed E-state index contributed by atoms with van der Waals surface area (Å²) in [6.45, 7) is 6.37. The fraction of sp³-hybridized carbons (Fsp3) is 0.571. The van der Waals surface area contributed by atoms with Crippen LogP contribution in [0.3, 0.4) is 0 Å². The maximum absolute atomic E-state index is 9.47. The van der Waals surface area contributed by atoms with Crippen LogP contribution in [0.5, 0.6) is 0 Å². The van der Waals surface area contributed by atoms with Gasteiger partial charge in [0.2, 0.25) is 5.91 Å². The van der Waals surface area contributed by atoms with Crippen molar-refractivity contribution in [3.63, 3.8) is 0 Å². The van der Waals surface area contributed by atoms with Crippen LogP contribution in [0.15, 0.2) is 12.7 Å². The molecule has 0 saturated carbocycles. The zero-order valence-corrected chi connectivity index (χ0v) is 6.68. The lowest BCUT2D eigenvalue weighted by atomic mass is 10.5. The number of carbonyl (C=O) groups excluding carboxylic acids is 1. The number of primary amides is 1. The van der Waals surface area contributed by atoms with Crippen molar-refractivity contribution < 1.29 is 4.79 Å². The van der Waals surface area contributed by atoms with E-state index in [9.17, 15) is 4.79 Å². The second-order valence-corrected chi connectivity index (χ2v) is 1.71. The van der Waals surface area contributed by atoms with Gasteiger partial charge in [-0.3, -0.25) is 4.79 Å². The van der Waals surface area contributed by atoms with Gasteiger partial charge in [-0.05, 0) is 26.1 Å². The summed E-state index contributed by atoms with van der Waals surface area (Å²) in [5, 5.41) is 3.02. The van der Waals surface area contributed by atoms with E-state index in [2.05, 4.69) is 24.6 Å². The molecule has 0 aromatic carbocycles. The maximum atomic E-state index is 9.47. The zero-order chi connectivity index (χ0) is 8.41. The minimum atomic E-state index is -0.481. The molecule has 0 aromatic heterocycles. The fourth-order valence-electron chi connectivity index (χ4n) is 0.250. The Morgan fingerprint density at radius 2 is 2.20 bits per heavy atom. The van der Waals surface area contributed by atoms with Gasteiger partial charge >= 0.3 is 0 Å². The molecule has 0 saturated heterocycles. The second kappa shape index (κ2) is 11.0. The minimum absolute atomic E-state index is 0.481. The van der Waals surface area contributed by atoms with Gasteiger partial charge < -0.3 is 11.1 Å². The largest absolute Gasteiger partial charge is 0.366 e. The van der Waals surface area contributed by atoms with Crippen molar-refractivity contribution in [3.8, 4) is 0 Å². The highest BCUT2D eigenvalue weighted by molar-refractivity contribution is 5.84. The number of hydrogen-bond donors (Lipinski definition) is 2. The lowest BCUT2D eigenvalue weighted by Gasteiger charge is -1.84. The summed E-state index contributed by atoms with van der Waals surface area (Å²) >= 11 is 0. The Hall–Kier alpha value is -0.830. The molecule has 0 aliphatic heterocycles. The van der Waals surface area contributed by atoms with Crippen molar-refractivity contribution in [2.24, 2.45) is 5.73 Å². The fourth-order valence-corrected chi connectivity index (χ4v) is 0.250. The highest BCUT2D eigenvalue weighted by Gasteiger charge is 1.69. The summed E-state index contributed by atoms with van der Waals surface area (Å²) in [4.78, 5) is 9.47. The first-order valence-electron chi connectivity index (χ1n) is 3.25. The van der Waals surface area contributed by atoms with E-state index in [-0.39, 0.29) is 0 Å². The quantitative estimate of drug-likeness (QED) is 0.559. The van der Waals surface area contributed by atoms with Gasteiger partial charge in [-0.1, -0.05) is 13.5 Å². The SMILES string of the molecule is C=CC(N)=O.CCCNC. The standard InChI is InChI=1S/C4H11N.C3H5NO/c1-3-4-5-2;1-2-3(4)5/h5H,3-4H2,1-2H3;2H,1H2,(H2,4,5). The Balaban J connectivity index is 0. The van der Waals surface area contributed by atoms with Crippen LogP contribution >= 0.6 is 0 Å². The molecule has 0 fully saturated rings. The average Bonchev–Trinajstić information content (AvgIpc) is 1.91. The van der Waals surface area contributed by atoms with E-state index in [0.717, 1.165) is 12.6 Å². The molecule has 3 N–H and O–H groups in total. The number of nitrogens with one attached hydrogen (secondary N) is 1. The Bertz CT molecular complexity index is 89.6.